The largest absolute Gasteiger partial charge is 0.268 e. The number of halogens is 2. The van der Waals surface area contributed by atoms with Crippen LogP contribution in [0.15, 0.2) is 46.3 Å². The fraction of sp³-hybridized carbons (Fsp3) is 0.263. The van der Waals surface area contributed by atoms with Crippen LogP contribution in [0.5, 0.6) is 0 Å². The normalized spacial score (nSPS) is 14.2. The molecule has 0 radical (unpaired) electrons. The van der Waals surface area contributed by atoms with E-state index in [9.17, 15) is 13.6 Å². The Balaban J connectivity index is 2.01. The Morgan fingerprint density at radius 1 is 1.16 bits per heavy atom. The molecule has 1 heterocycles. The number of nitrogens with zero attached hydrogens (tertiary/aromatic N) is 2. The molecule has 1 aromatic heterocycles. The smallest absolute Gasteiger partial charge is 0.266 e. The zero-order valence-electron chi connectivity index (χ0n) is 13.6. The molecular formula is C19H16F2N2OS. The summed E-state index contributed by atoms with van der Waals surface area (Å²) in [6.07, 6.45) is 2.30. The molecule has 1 aliphatic rings. The minimum Gasteiger partial charge on any atom is -0.268 e. The van der Waals surface area contributed by atoms with Gasteiger partial charge in [0.25, 0.3) is 5.56 Å². The lowest BCUT2D eigenvalue weighted by Crippen LogP contribution is -2.24. The molecule has 1 fully saturated rings. The number of fused-ring (bicyclic) bond motifs is 1. The first-order chi connectivity index (χ1) is 12.1. The van der Waals surface area contributed by atoms with E-state index >= 15 is 0 Å². The highest BCUT2D eigenvalue weighted by atomic mass is 32.2. The molecule has 2 aromatic carbocycles. The van der Waals surface area contributed by atoms with E-state index in [4.69, 9.17) is 0 Å². The molecule has 25 heavy (non-hydrogen) atoms. The quantitative estimate of drug-likeness (QED) is 0.510. The highest BCUT2D eigenvalue weighted by Crippen LogP contribution is 2.35. The van der Waals surface area contributed by atoms with Crippen LogP contribution >= 0.6 is 11.8 Å². The van der Waals surface area contributed by atoms with E-state index in [-0.39, 0.29) is 5.69 Å². The maximum atomic E-state index is 14.3. The van der Waals surface area contributed by atoms with Crippen molar-refractivity contribution in [2.75, 3.05) is 5.75 Å². The van der Waals surface area contributed by atoms with Crippen molar-refractivity contribution in [1.29, 1.82) is 0 Å². The summed E-state index contributed by atoms with van der Waals surface area (Å²) in [7, 11) is 0. The van der Waals surface area contributed by atoms with E-state index in [2.05, 4.69) is 4.98 Å². The van der Waals surface area contributed by atoms with E-state index < -0.39 is 17.2 Å². The van der Waals surface area contributed by atoms with Gasteiger partial charge < -0.3 is 0 Å². The molecule has 3 aromatic rings. The second-order valence-electron chi connectivity index (χ2n) is 6.33. The first-order valence-electron chi connectivity index (χ1n) is 8.16. The Hall–Kier alpha value is -2.21. The van der Waals surface area contributed by atoms with Crippen LogP contribution in [0.25, 0.3) is 16.6 Å². The monoisotopic (exact) mass is 358 g/mol. The van der Waals surface area contributed by atoms with Crippen molar-refractivity contribution in [3.8, 4) is 5.69 Å². The number of thioether (sulfide) groups is 1. The van der Waals surface area contributed by atoms with Crippen LogP contribution in [0.2, 0.25) is 0 Å². The second-order valence-corrected chi connectivity index (χ2v) is 7.32. The van der Waals surface area contributed by atoms with Gasteiger partial charge in [0.1, 0.15) is 17.3 Å². The average molecular weight is 358 g/mol. The molecule has 0 N–H and O–H groups in total. The van der Waals surface area contributed by atoms with E-state index in [0.717, 1.165) is 40.9 Å². The Labute approximate surface area is 147 Å². The van der Waals surface area contributed by atoms with Crippen LogP contribution in [0.4, 0.5) is 8.78 Å². The maximum Gasteiger partial charge on any atom is 0.266 e. The molecule has 0 saturated heterocycles. The topological polar surface area (TPSA) is 34.9 Å². The summed E-state index contributed by atoms with van der Waals surface area (Å²) in [6, 6.07) is 8.86. The van der Waals surface area contributed by atoms with Gasteiger partial charge in [-0.3, -0.25) is 4.79 Å². The lowest BCUT2D eigenvalue weighted by Gasteiger charge is -2.15. The zero-order valence-corrected chi connectivity index (χ0v) is 14.4. The van der Waals surface area contributed by atoms with Crippen LogP contribution in [-0.4, -0.2) is 15.3 Å². The average Bonchev–Trinajstić information content (AvgIpc) is 3.40. The first-order valence-corrected chi connectivity index (χ1v) is 9.14. The molecule has 0 atom stereocenters. The van der Waals surface area contributed by atoms with Crippen LogP contribution in [0.3, 0.4) is 0 Å². The lowest BCUT2D eigenvalue weighted by molar-refractivity contribution is 0.557. The molecule has 0 unspecified atom stereocenters. The van der Waals surface area contributed by atoms with Crippen molar-refractivity contribution in [2.45, 2.75) is 24.9 Å². The number of rotatable bonds is 4. The van der Waals surface area contributed by atoms with Gasteiger partial charge in [0.2, 0.25) is 0 Å². The molecule has 0 amide bonds. The van der Waals surface area contributed by atoms with Gasteiger partial charge in [0, 0.05) is 5.75 Å². The van der Waals surface area contributed by atoms with Gasteiger partial charge in [-0.05, 0) is 49.4 Å². The highest BCUT2D eigenvalue weighted by molar-refractivity contribution is 7.99. The number of hydrogen-bond donors (Lipinski definition) is 0. The standard InChI is InChI=1S/C19H16F2N2OS/c1-11-4-2-5-13-16(11)22-19(25-10-12-8-9-12)23(18(13)24)17-14(20)6-3-7-15(17)21/h2-7,12H,8-10H2,1H3. The van der Waals surface area contributed by atoms with Gasteiger partial charge in [-0.1, -0.05) is 30.0 Å². The summed E-state index contributed by atoms with van der Waals surface area (Å²) in [4.78, 5) is 17.6. The van der Waals surface area contributed by atoms with Crippen molar-refractivity contribution >= 4 is 22.7 Å². The van der Waals surface area contributed by atoms with Gasteiger partial charge in [-0.15, -0.1) is 0 Å². The van der Waals surface area contributed by atoms with Crippen LogP contribution in [0, 0.1) is 24.5 Å². The molecular weight excluding hydrogens is 342 g/mol. The zero-order chi connectivity index (χ0) is 17.6. The molecule has 1 saturated carbocycles. The van der Waals surface area contributed by atoms with Gasteiger partial charge in [-0.2, -0.15) is 0 Å². The van der Waals surface area contributed by atoms with Crippen molar-refractivity contribution in [1.82, 2.24) is 9.55 Å². The number of benzene rings is 2. The highest BCUT2D eigenvalue weighted by Gasteiger charge is 2.24. The maximum absolute atomic E-state index is 14.3. The Kier molecular flexibility index (Phi) is 4.07. The van der Waals surface area contributed by atoms with Crippen molar-refractivity contribution < 1.29 is 8.78 Å². The number of hydrogen-bond acceptors (Lipinski definition) is 3. The third-order valence-electron chi connectivity index (χ3n) is 4.38. The Morgan fingerprint density at radius 3 is 2.52 bits per heavy atom. The molecule has 128 valence electrons. The lowest BCUT2D eigenvalue weighted by atomic mass is 10.1. The predicted octanol–water partition coefficient (Wildman–Crippen LogP) is 4.47. The third kappa shape index (κ3) is 2.95. The summed E-state index contributed by atoms with van der Waals surface area (Å²) in [6.45, 7) is 1.87. The fourth-order valence-electron chi connectivity index (χ4n) is 2.81. The van der Waals surface area contributed by atoms with E-state index in [1.807, 2.05) is 13.0 Å². The molecule has 0 bridgehead atoms. The van der Waals surface area contributed by atoms with E-state index in [1.165, 1.54) is 17.8 Å². The summed E-state index contributed by atoms with van der Waals surface area (Å²) in [5, 5.41) is 0.695. The molecule has 0 aliphatic heterocycles. The molecule has 0 spiro atoms. The Bertz CT molecular complexity index is 1010. The SMILES string of the molecule is Cc1cccc2c(=O)n(-c3c(F)cccc3F)c(SCC3CC3)nc12. The minimum atomic E-state index is -0.774. The summed E-state index contributed by atoms with van der Waals surface area (Å²) >= 11 is 1.39. The van der Waals surface area contributed by atoms with Gasteiger partial charge in [0.15, 0.2) is 5.16 Å². The van der Waals surface area contributed by atoms with Crippen LogP contribution in [-0.2, 0) is 0 Å². The summed E-state index contributed by atoms with van der Waals surface area (Å²) in [5.41, 5.74) is 0.639. The fourth-order valence-corrected chi connectivity index (χ4v) is 3.98. The van der Waals surface area contributed by atoms with E-state index in [1.54, 1.807) is 12.1 Å². The summed E-state index contributed by atoms with van der Waals surface area (Å²) in [5.74, 6) is -0.165. The van der Waals surface area contributed by atoms with Crippen molar-refractivity contribution in [2.24, 2.45) is 5.92 Å². The minimum absolute atomic E-state index is 0.336. The van der Waals surface area contributed by atoms with Crippen LogP contribution < -0.4 is 5.56 Å². The molecule has 3 nitrogen and oxygen atoms in total. The molecule has 1 aliphatic carbocycles. The predicted molar refractivity (Wildman–Crippen MR) is 95.4 cm³/mol. The number of para-hydroxylation sites is 2. The Morgan fingerprint density at radius 2 is 1.84 bits per heavy atom. The molecule has 4 rings (SSSR count). The van der Waals surface area contributed by atoms with Crippen LogP contribution in [0.1, 0.15) is 18.4 Å². The third-order valence-corrected chi connectivity index (χ3v) is 5.55. The molecule has 6 heteroatoms. The number of aromatic nitrogens is 2. The van der Waals surface area contributed by atoms with Gasteiger partial charge >= 0.3 is 0 Å². The van der Waals surface area contributed by atoms with Gasteiger partial charge in [0.05, 0.1) is 10.9 Å². The van der Waals surface area contributed by atoms with E-state index in [0.29, 0.717) is 22.0 Å². The summed E-state index contributed by atoms with van der Waals surface area (Å²) < 4.78 is 29.8. The first kappa shape index (κ1) is 16.3. The number of aryl methyl sites for hydroxylation is 1. The van der Waals surface area contributed by atoms with Gasteiger partial charge in [-0.25, -0.2) is 18.3 Å². The second kappa shape index (κ2) is 6.26. The van der Waals surface area contributed by atoms with Crippen molar-refractivity contribution in [3.63, 3.8) is 0 Å². The van der Waals surface area contributed by atoms with Crippen molar-refractivity contribution in [3.05, 3.63) is 63.9 Å².